The molecule has 1 amide bonds. The summed E-state index contributed by atoms with van der Waals surface area (Å²) < 4.78 is 0. The van der Waals surface area contributed by atoms with Crippen molar-refractivity contribution < 1.29 is 4.79 Å². The van der Waals surface area contributed by atoms with E-state index in [-0.39, 0.29) is 11.9 Å². The van der Waals surface area contributed by atoms with Crippen LogP contribution in [0.1, 0.15) is 53.3 Å². The standard InChI is InChI=1S/C19H22N4O/c24-19(17-10-11-18(22-21-17)23-12-3-4-13-23)20-16-9-5-7-14-6-1-2-8-15(14)16/h1-2,6,8,10-11,16H,3-5,7,9,12-13H2,(H,20,24). The Bertz CT molecular complexity index is 722. The van der Waals surface area contributed by atoms with Gasteiger partial charge >= 0.3 is 0 Å². The third-order valence-corrected chi connectivity index (χ3v) is 4.99. The molecule has 1 aliphatic heterocycles. The molecule has 2 aliphatic rings. The minimum Gasteiger partial charge on any atom is -0.355 e. The van der Waals surface area contributed by atoms with Crippen molar-refractivity contribution in [3.8, 4) is 0 Å². The average molecular weight is 322 g/mol. The molecule has 124 valence electrons. The number of benzene rings is 1. The van der Waals surface area contributed by atoms with Crippen LogP contribution in [0.2, 0.25) is 0 Å². The summed E-state index contributed by atoms with van der Waals surface area (Å²) in [7, 11) is 0. The first kappa shape index (κ1) is 15.1. The predicted octanol–water partition coefficient (Wildman–Crippen LogP) is 2.88. The minimum atomic E-state index is -0.142. The van der Waals surface area contributed by atoms with Gasteiger partial charge in [0, 0.05) is 13.1 Å². The van der Waals surface area contributed by atoms with Crippen molar-refractivity contribution in [3.05, 3.63) is 53.2 Å². The third-order valence-electron chi connectivity index (χ3n) is 4.99. The Morgan fingerprint density at radius 3 is 2.67 bits per heavy atom. The van der Waals surface area contributed by atoms with Gasteiger partial charge in [-0.25, -0.2) is 0 Å². The lowest BCUT2D eigenvalue weighted by Crippen LogP contribution is -2.31. The van der Waals surface area contributed by atoms with Gasteiger partial charge in [0.2, 0.25) is 0 Å². The molecule has 0 radical (unpaired) electrons. The summed E-state index contributed by atoms with van der Waals surface area (Å²) in [6, 6.07) is 12.1. The van der Waals surface area contributed by atoms with Crippen LogP contribution in [-0.4, -0.2) is 29.2 Å². The monoisotopic (exact) mass is 322 g/mol. The Balaban J connectivity index is 1.47. The number of nitrogens with zero attached hydrogens (tertiary/aromatic N) is 3. The van der Waals surface area contributed by atoms with Crippen LogP contribution in [0.5, 0.6) is 0 Å². The number of carbonyl (C=O) groups is 1. The average Bonchev–Trinajstić information content (AvgIpc) is 3.17. The fourth-order valence-electron chi connectivity index (χ4n) is 3.70. The van der Waals surface area contributed by atoms with E-state index in [0.29, 0.717) is 5.69 Å². The summed E-state index contributed by atoms with van der Waals surface area (Å²) >= 11 is 0. The van der Waals surface area contributed by atoms with Gasteiger partial charge in [0.1, 0.15) is 0 Å². The van der Waals surface area contributed by atoms with Crippen LogP contribution in [0.3, 0.4) is 0 Å². The fourth-order valence-corrected chi connectivity index (χ4v) is 3.70. The summed E-state index contributed by atoms with van der Waals surface area (Å²) in [5.41, 5.74) is 2.96. The van der Waals surface area contributed by atoms with Gasteiger partial charge in [-0.05, 0) is 55.4 Å². The Labute approximate surface area is 142 Å². The lowest BCUT2D eigenvalue weighted by molar-refractivity contribution is 0.0926. The van der Waals surface area contributed by atoms with Crippen molar-refractivity contribution in [1.82, 2.24) is 15.5 Å². The zero-order chi connectivity index (χ0) is 16.4. The largest absolute Gasteiger partial charge is 0.355 e. The van der Waals surface area contributed by atoms with E-state index in [1.807, 2.05) is 12.1 Å². The smallest absolute Gasteiger partial charge is 0.272 e. The molecule has 1 atom stereocenters. The highest BCUT2D eigenvalue weighted by molar-refractivity contribution is 5.92. The van der Waals surface area contributed by atoms with Crippen LogP contribution in [0, 0.1) is 0 Å². The summed E-state index contributed by atoms with van der Waals surface area (Å²) in [6.45, 7) is 2.05. The molecule has 0 bridgehead atoms. The molecule has 5 heteroatoms. The number of carbonyl (C=O) groups excluding carboxylic acids is 1. The van der Waals surface area contributed by atoms with Gasteiger partial charge in [-0.1, -0.05) is 24.3 Å². The Hall–Kier alpha value is -2.43. The van der Waals surface area contributed by atoms with Gasteiger partial charge in [0.25, 0.3) is 5.91 Å². The zero-order valence-electron chi connectivity index (χ0n) is 13.7. The first-order valence-corrected chi connectivity index (χ1v) is 8.78. The summed E-state index contributed by atoms with van der Waals surface area (Å²) in [5.74, 6) is 0.726. The van der Waals surface area contributed by atoms with E-state index in [2.05, 4.69) is 38.6 Å². The molecule has 1 N–H and O–H groups in total. The maximum atomic E-state index is 12.5. The number of rotatable bonds is 3. The van der Waals surface area contributed by atoms with E-state index in [4.69, 9.17) is 0 Å². The minimum absolute atomic E-state index is 0.0718. The molecule has 1 fully saturated rings. The SMILES string of the molecule is O=C(NC1CCCc2ccccc21)c1ccc(N2CCCC2)nn1. The quantitative estimate of drug-likeness (QED) is 0.944. The Morgan fingerprint density at radius 2 is 1.88 bits per heavy atom. The van der Waals surface area contributed by atoms with Crippen molar-refractivity contribution in [2.24, 2.45) is 0 Å². The number of aromatic nitrogens is 2. The van der Waals surface area contributed by atoms with Crippen molar-refractivity contribution in [1.29, 1.82) is 0 Å². The molecular weight excluding hydrogens is 300 g/mol. The van der Waals surface area contributed by atoms with E-state index in [1.165, 1.54) is 24.0 Å². The number of amides is 1. The summed E-state index contributed by atoms with van der Waals surface area (Å²) in [6.07, 6.45) is 5.56. The lowest BCUT2D eigenvalue weighted by Gasteiger charge is -2.26. The molecule has 0 spiro atoms. The molecule has 0 saturated carbocycles. The zero-order valence-corrected chi connectivity index (χ0v) is 13.7. The topological polar surface area (TPSA) is 58.1 Å². The molecule has 1 aromatic heterocycles. The van der Waals surface area contributed by atoms with Crippen molar-refractivity contribution >= 4 is 11.7 Å². The molecule has 1 unspecified atom stereocenters. The van der Waals surface area contributed by atoms with Gasteiger partial charge in [0.15, 0.2) is 11.5 Å². The summed E-state index contributed by atoms with van der Waals surface area (Å²) in [5, 5.41) is 11.5. The van der Waals surface area contributed by atoms with Crippen LogP contribution in [0.4, 0.5) is 5.82 Å². The van der Waals surface area contributed by atoms with Gasteiger partial charge in [0.05, 0.1) is 6.04 Å². The van der Waals surface area contributed by atoms with Crippen molar-refractivity contribution in [2.75, 3.05) is 18.0 Å². The van der Waals surface area contributed by atoms with Crippen LogP contribution < -0.4 is 10.2 Å². The van der Waals surface area contributed by atoms with Gasteiger partial charge in [-0.2, -0.15) is 0 Å². The van der Waals surface area contributed by atoms with E-state index in [9.17, 15) is 4.79 Å². The van der Waals surface area contributed by atoms with Crippen molar-refractivity contribution in [2.45, 2.75) is 38.1 Å². The lowest BCUT2D eigenvalue weighted by atomic mass is 9.87. The van der Waals surface area contributed by atoms with E-state index >= 15 is 0 Å². The number of hydrogen-bond acceptors (Lipinski definition) is 4. The molecule has 4 rings (SSSR count). The van der Waals surface area contributed by atoms with Crippen LogP contribution in [0.25, 0.3) is 0 Å². The van der Waals surface area contributed by atoms with Gasteiger partial charge in [-0.15, -0.1) is 10.2 Å². The van der Waals surface area contributed by atoms with Gasteiger partial charge < -0.3 is 10.2 Å². The van der Waals surface area contributed by atoms with Gasteiger partial charge in [-0.3, -0.25) is 4.79 Å². The molecule has 2 heterocycles. The molecule has 2 aromatic rings. The summed E-state index contributed by atoms with van der Waals surface area (Å²) in [4.78, 5) is 14.7. The molecule has 1 aliphatic carbocycles. The molecule has 5 nitrogen and oxygen atoms in total. The van der Waals surface area contributed by atoms with Crippen LogP contribution >= 0.6 is 0 Å². The molecular formula is C19H22N4O. The second-order valence-corrected chi connectivity index (χ2v) is 6.59. The number of hydrogen-bond donors (Lipinski definition) is 1. The molecule has 24 heavy (non-hydrogen) atoms. The highest BCUT2D eigenvalue weighted by atomic mass is 16.2. The first-order valence-electron chi connectivity index (χ1n) is 8.78. The molecule has 1 aromatic carbocycles. The van der Waals surface area contributed by atoms with Crippen molar-refractivity contribution in [3.63, 3.8) is 0 Å². The number of fused-ring (bicyclic) bond motifs is 1. The Kier molecular flexibility index (Phi) is 4.15. The number of aryl methyl sites for hydroxylation is 1. The predicted molar refractivity (Wildman–Crippen MR) is 93.1 cm³/mol. The number of nitrogens with one attached hydrogen (secondary N) is 1. The fraction of sp³-hybridized carbons (Fsp3) is 0.421. The van der Waals surface area contributed by atoms with E-state index < -0.39 is 0 Å². The maximum Gasteiger partial charge on any atom is 0.272 e. The number of anilines is 1. The third kappa shape index (κ3) is 2.98. The second kappa shape index (κ2) is 6.59. The second-order valence-electron chi connectivity index (χ2n) is 6.59. The maximum absolute atomic E-state index is 12.5. The highest BCUT2D eigenvalue weighted by Crippen LogP contribution is 2.29. The first-order chi connectivity index (χ1) is 11.8. The van der Waals surface area contributed by atoms with E-state index in [0.717, 1.165) is 38.2 Å². The normalized spacial score (nSPS) is 19.8. The highest BCUT2D eigenvalue weighted by Gasteiger charge is 2.23. The van der Waals surface area contributed by atoms with Crippen LogP contribution in [-0.2, 0) is 6.42 Å². The molecule has 1 saturated heterocycles. The van der Waals surface area contributed by atoms with Crippen LogP contribution in [0.15, 0.2) is 36.4 Å². The Morgan fingerprint density at radius 1 is 1.04 bits per heavy atom. The van der Waals surface area contributed by atoms with E-state index in [1.54, 1.807) is 6.07 Å².